The van der Waals surface area contributed by atoms with E-state index in [0.717, 1.165) is 43.5 Å². The molecule has 0 fully saturated rings. The average Bonchev–Trinajstić information content (AvgIpc) is 3.14. The van der Waals surface area contributed by atoms with Gasteiger partial charge >= 0.3 is 0 Å². The first-order valence-corrected chi connectivity index (χ1v) is 10.9. The van der Waals surface area contributed by atoms with Crippen molar-refractivity contribution in [3.05, 3.63) is 97.4 Å². The molecule has 140 valence electrons. The maximum atomic E-state index is 6.37. The van der Waals surface area contributed by atoms with Gasteiger partial charge in [0.05, 0.1) is 11.8 Å². The normalized spacial score (nSPS) is 20.2. The fraction of sp³-hybridized carbons (Fsp3) is 0.136. The number of halogens is 3. The molecule has 0 unspecified atom stereocenters. The van der Waals surface area contributed by atoms with Gasteiger partial charge in [-0.2, -0.15) is 5.10 Å². The molecule has 0 amide bonds. The van der Waals surface area contributed by atoms with E-state index >= 15 is 0 Å². The van der Waals surface area contributed by atoms with E-state index in [4.69, 9.17) is 21.4 Å². The van der Waals surface area contributed by atoms with Crippen molar-refractivity contribution >= 4 is 49.2 Å². The highest BCUT2D eigenvalue weighted by Gasteiger charge is 2.41. The molecule has 0 saturated heterocycles. The van der Waals surface area contributed by atoms with Gasteiger partial charge in [-0.15, -0.1) is 0 Å². The van der Waals surface area contributed by atoms with Crippen molar-refractivity contribution in [1.29, 1.82) is 0 Å². The molecule has 0 aromatic heterocycles. The molecule has 3 aromatic rings. The highest BCUT2D eigenvalue weighted by atomic mass is 79.9. The molecule has 28 heavy (non-hydrogen) atoms. The van der Waals surface area contributed by atoms with Crippen LogP contribution in [0.25, 0.3) is 0 Å². The highest BCUT2D eigenvalue weighted by molar-refractivity contribution is 9.10. The third-order valence-electron chi connectivity index (χ3n) is 5.08. The molecule has 2 aliphatic heterocycles. The Morgan fingerprint density at radius 2 is 1.61 bits per heavy atom. The van der Waals surface area contributed by atoms with Gasteiger partial charge in [0.25, 0.3) is 0 Å². The van der Waals surface area contributed by atoms with Crippen LogP contribution < -0.4 is 4.74 Å². The lowest BCUT2D eigenvalue weighted by Gasteiger charge is -2.38. The molecule has 5 rings (SSSR count). The molecule has 0 aliphatic carbocycles. The van der Waals surface area contributed by atoms with E-state index in [1.54, 1.807) is 0 Å². The average molecular weight is 519 g/mol. The molecule has 0 bridgehead atoms. The van der Waals surface area contributed by atoms with E-state index in [-0.39, 0.29) is 12.3 Å². The zero-order valence-electron chi connectivity index (χ0n) is 14.6. The van der Waals surface area contributed by atoms with Crippen LogP contribution >= 0.6 is 43.5 Å². The monoisotopic (exact) mass is 516 g/mol. The molecule has 0 N–H and O–H groups in total. The number of hydrazone groups is 1. The standard InChI is InChI=1S/C22H15Br2ClN2O/c23-15-5-1-13(2-6-15)19-12-20-18-11-17(25)9-10-21(18)28-22(27(20)26-19)14-3-7-16(24)8-4-14/h1-11,20,22H,12H2/t20-,22+/m0/s1. The number of nitrogens with zero attached hydrogens (tertiary/aromatic N) is 2. The van der Waals surface area contributed by atoms with E-state index in [2.05, 4.69) is 61.1 Å². The topological polar surface area (TPSA) is 24.8 Å². The second-order valence-corrected chi connectivity index (χ2v) is 9.13. The van der Waals surface area contributed by atoms with Crippen LogP contribution in [-0.2, 0) is 0 Å². The van der Waals surface area contributed by atoms with Crippen molar-refractivity contribution in [2.45, 2.75) is 18.7 Å². The lowest BCUT2D eigenvalue weighted by Crippen LogP contribution is -2.33. The molecule has 2 aliphatic rings. The zero-order chi connectivity index (χ0) is 19.3. The summed E-state index contributed by atoms with van der Waals surface area (Å²) in [5, 5.41) is 7.75. The Bertz CT molecular complexity index is 1070. The van der Waals surface area contributed by atoms with Gasteiger partial charge in [0.2, 0.25) is 6.23 Å². The Hall–Kier alpha value is -1.82. The SMILES string of the molecule is Clc1ccc2c(c1)[C@@H]1CC(c3ccc(Br)cc3)=NN1[C@@H](c1ccc(Br)cc1)O2. The third kappa shape index (κ3) is 3.25. The summed E-state index contributed by atoms with van der Waals surface area (Å²) >= 11 is 13.3. The summed E-state index contributed by atoms with van der Waals surface area (Å²) in [6.07, 6.45) is 0.533. The molecule has 6 heteroatoms. The Morgan fingerprint density at radius 1 is 0.929 bits per heavy atom. The van der Waals surface area contributed by atoms with Crippen LogP contribution in [0.15, 0.2) is 80.8 Å². The van der Waals surface area contributed by atoms with Gasteiger partial charge in [-0.25, -0.2) is 5.01 Å². The number of hydrogen-bond donors (Lipinski definition) is 0. The second-order valence-electron chi connectivity index (χ2n) is 6.86. The fourth-order valence-corrected chi connectivity index (χ4v) is 4.43. The van der Waals surface area contributed by atoms with Crippen molar-refractivity contribution in [1.82, 2.24) is 5.01 Å². The van der Waals surface area contributed by atoms with Gasteiger partial charge in [0.15, 0.2) is 0 Å². The summed E-state index contributed by atoms with van der Waals surface area (Å²) in [5.41, 5.74) is 4.32. The highest BCUT2D eigenvalue weighted by Crippen LogP contribution is 2.48. The van der Waals surface area contributed by atoms with Crippen LogP contribution in [0.2, 0.25) is 5.02 Å². The number of benzene rings is 3. The van der Waals surface area contributed by atoms with Crippen molar-refractivity contribution in [2.75, 3.05) is 0 Å². The Morgan fingerprint density at radius 3 is 2.32 bits per heavy atom. The van der Waals surface area contributed by atoms with Crippen molar-refractivity contribution < 1.29 is 4.74 Å². The zero-order valence-corrected chi connectivity index (χ0v) is 18.6. The maximum absolute atomic E-state index is 6.37. The largest absolute Gasteiger partial charge is 0.464 e. The van der Waals surface area contributed by atoms with E-state index in [1.165, 1.54) is 0 Å². The number of hydrogen-bond acceptors (Lipinski definition) is 3. The molecule has 2 heterocycles. The molecular formula is C22H15Br2ClN2O. The lowest BCUT2D eigenvalue weighted by molar-refractivity contribution is -0.0190. The number of fused-ring (bicyclic) bond motifs is 3. The minimum absolute atomic E-state index is 0.0924. The van der Waals surface area contributed by atoms with Crippen LogP contribution in [-0.4, -0.2) is 10.7 Å². The maximum Gasteiger partial charge on any atom is 0.213 e. The Balaban J connectivity index is 1.59. The lowest BCUT2D eigenvalue weighted by atomic mass is 9.96. The molecular weight excluding hydrogens is 504 g/mol. The van der Waals surface area contributed by atoms with E-state index < -0.39 is 0 Å². The minimum Gasteiger partial charge on any atom is -0.464 e. The predicted octanol–water partition coefficient (Wildman–Crippen LogP) is 7.11. The number of ether oxygens (including phenoxy) is 1. The summed E-state index contributed by atoms with van der Waals surface area (Å²) in [5.74, 6) is 0.867. The van der Waals surface area contributed by atoms with Crippen LogP contribution in [0.5, 0.6) is 5.75 Å². The smallest absolute Gasteiger partial charge is 0.213 e. The van der Waals surface area contributed by atoms with Gasteiger partial charge in [-0.05, 0) is 48.0 Å². The van der Waals surface area contributed by atoms with E-state index in [0.29, 0.717) is 5.02 Å². The minimum atomic E-state index is -0.278. The number of rotatable bonds is 2. The fourth-order valence-electron chi connectivity index (χ4n) is 3.72. The second kappa shape index (κ2) is 7.21. The van der Waals surface area contributed by atoms with Gasteiger partial charge in [0.1, 0.15) is 5.75 Å². The molecule has 3 nitrogen and oxygen atoms in total. The summed E-state index contributed by atoms with van der Waals surface area (Å²) < 4.78 is 8.46. The van der Waals surface area contributed by atoms with Crippen molar-refractivity contribution in [3.8, 4) is 5.75 Å². The molecule has 0 radical (unpaired) electrons. The quantitative estimate of drug-likeness (QED) is 0.361. The van der Waals surface area contributed by atoms with Crippen molar-refractivity contribution in [2.24, 2.45) is 5.10 Å². The van der Waals surface area contributed by atoms with Crippen LogP contribution in [0, 0.1) is 0 Å². The van der Waals surface area contributed by atoms with Crippen LogP contribution in [0.4, 0.5) is 0 Å². The molecule has 3 aromatic carbocycles. The predicted molar refractivity (Wildman–Crippen MR) is 119 cm³/mol. The summed E-state index contributed by atoms with van der Waals surface area (Å²) in [7, 11) is 0. The summed E-state index contributed by atoms with van der Waals surface area (Å²) in [6, 6.07) is 22.4. The first-order chi connectivity index (χ1) is 13.6. The summed E-state index contributed by atoms with van der Waals surface area (Å²) in [4.78, 5) is 0. The van der Waals surface area contributed by atoms with Crippen molar-refractivity contribution in [3.63, 3.8) is 0 Å². The third-order valence-corrected chi connectivity index (χ3v) is 6.38. The first kappa shape index (κ1) is 18.2. The Kier molecular flexibility index (Phi) is 4.69. The molecule has 0 spiro atoms. The molecule has 0 saturated carbocycles. The molecule has 2 atom stereocenters. The van der Waals surface area contributed by atoms with E-state index in [9.17, 15) is 0 Å². The van der Waals surface area contributed by atoms with Gasteiger partial charge < -0.3 is 4.74 Å². The van der Waals surface area contributed by atoms with Gasteiger partial charge in [0, 0.05) is 31.5 Å². The van der Waals surface area contributed by atoms with Gasteiger partial charge in [-0.1, -0.05) is 67.7 Å². The van der Waals surface area contributed by atoms with Crippen LogP contribution in [0.1, 0.15) is 35.4 Å². The Labute approximate surface area is 185 Å². The first-order valence-electron chi connectivity index (χ1n) is 8.92. The van der Waals surface area contributed by atoms with E-state index in [1.807, 2.05) is 42.5 Å². The summed E-state index contributed by atoms with van der Waals surface area (Å²) in [6.45, 7) is 0. The van der Waals surface area contributed by atoms with Gasteiger partial charge in [-0.3, -0.25) is 0 Å². The van der Waals surface area contributed by atoms with Crippen LogP contribution in [0.3, 0.4) is 0 Å².